The molecule has 0 aliphatic heterocycles. The van der Waals surface area contributed by atoms with E-state index in [1.807, 2.05) is 38.1 Å². The van der Waals surface area contributed by atoms with E-state index < -0.39 is 6.10 Å². The molecule has 2 atom stereocenters. The lowest BCUT2D eigenvalue weighted by Crippen LogP contribution is -2.40. The Kier molecular flexibility index (Phi) is 6.63. The van der Waals surface area contributed by atoms with E-state index >= 15 is 0 Å². The van der Waals surface area contributed by atoms with E-state index in [1.54, 1.807) is 0 Å². The van der Waals surface area contributed by atoms with Gasteiger partial charge in [-0.1, -0.05) is 55.8 Å². The van der Waals surface area contributed by atoms with Crippen molar-refractivity contribution in [1.29, 1.82) is 0 Å². The topological polar surface area (TPSA) is 38.3 Å². The van der Waals surface area contributed by atoms with Crippen LogP contribution in [0.5, 0.6) is 5.75 Å². The van der Waals surface area contributed by atoms with Crippen LogP contribution in [0.1, 0.15) is 55.0 Å². The number of aryl methyl sites for hydroxylation is 3. The molecule has 0 spiro atoms. The van der Waals surface area contributed by atoms with E-state index in [-0.39, 0.29) is 11.9 Å². The molecule has 0 bridgehead atoms. The molecule has 0 aliphatic rings. The van der Waals surface area contributed by atoms with Crippen LogP contribution >= 0.6 is 0 Å². The van der Waals surface area contributed by atoms with Crippen molar-refractivity contribution in [3.05, 3.63) is 64.7 Å². The summed E-state index contributed by atoms with van der Waals surface area (Å²) in [6.07, 6.45) is 0.987. The Labute approximate surface area is 151 Å². The predicted molar refractivity (Wildman–Crippen MR) is 103 cm³/mol. The van der Waals surface area contributed by atoms with Crippen molar-refractivity contribution in [3.63, 3.8) is 0 Å². The van der Waals surface area contributed by atoms with E-state index in [4.69, 9.17) is 4.74 Å². The number of para-hydroxylation sites is 1. The Hall–Kier alpha value is -2.29. The first kappa shape index (κ1) is 19.0. The Morgan fingerprint density at radius 3 is 2.32 bits per heavy atom. The monoisotopic (exact) mass is 339 g/mol. The smallest absolute Gasteiger partial charge is 0.261 e. The fraction of sp³-hybridized carbons (Fsp3) is 0.409. The number of benzene rings is 2. The zero-order valence-electron chi connectivity index (χ0n) is 15.9. The predicted octanol–water partition coefficient (Wildman–Crippen LogP) is 5.04. The quantitative estimate of drug-likeness (QED) is 0.768. The van der Waals surface area contributed by atoms with Gasteiger partial charge in [-0.25, -0.2) is 0 Å². The van der Waals surface area contributed by atoms with Crippen molar-refractivity contribution in [2.45, 2.75) is 59.6 Å². The van der Waals surface area contributed by atoms with E-state index in [9.17, 15) is 4.79 Å². The van der Waals surface area contributed by atoms with Crippen LogP contribution in [0, 0.1) is 20.8 Å². The molecule has 0 fully saturated rings. The SMILES string of the molecule is CCC(Oc1ccccc1C)C(=O)NC(CC)c1ccc(C)cc1C. The summed E-state index contributed by atoms with van der Waals surface area (Å²) < 4.78 is 5.97. The number of amides is 1. The third kappa shape index (κ3) is 4.85. The van der Waals surface area contributed by atoms with E-state index in [0.29, 0.717) is 6.42 Å². The highest BCUT2D eigenvalue weighted by Gasteiger charge is 2.23. The molecular formula is C22H29NO2. The zero-order valence-corrected chi connectivity index (χ0v) is 15.9. The molecule has 0 saturated heterocycles. The minimum Gasteiger partial charge on any atom is -0.480 e. The van der Waals surface area contributed by atoms with E-state index in [1.165, 1.54) is 16.7 Å². The largest absolute Gasteiger partial charge is 0.480 e. The van der Waals surface area contributed by atoms with Gasteiger partial charge in [0.15, 0.2) is 6.10 Å². The number of rotatable bonds is 7. The number of ether oxygens (including phenoxy) is 1. The van der Waals surface area contributed by atoms with Gasteiger partial charge in [-0.3, -0.25) is 4.79 Å². The van der Waals surface area contributed by atoms with Crippen LogP contribution in [0.3, 0.4) is 0 Å². The summed E-state index contributed by atoms with van der Waals surface area (Å²) in [4.78, 5) is 12.8. The maximum atomic E-state index is 12.8. The maximum absolute atomic E-state index is 12.8. The molecule has 2 unspecified atom stereocenters. The molecule has 0 radical (unpaired) electrons. The Morgan fingerprint density at radius 1 is 1.00 bits per heavy atom. The molecule has 134 valence electrons. The van der Waals surface area contributed by atoms with Gasteiger partial charge < -0.3 is 10.1 Å². The molecule has 2 aromatic rings. The first-order valence-electron chi connectivity index (χ1n) is 9.06. The number of carbonyl (C=O) groups is 1. The molecule has 0 heterocycles. The molecule has 2 aromatic carbocycles. The maximum Gasteiger partial charge on any atom is 0.261 e. The normalized spacial score (nSPS) is 13.2. The van der Waals surface area contributed by atoms with Crippen LogP contribution in [-0.2, 0) is 4.79 Å². The minimum absolute atomic E-state index is 0.00243. The van der Waals surface area contributed by atoms with E-state index in [0.717, 1.165) is 17.7 Å². The van der Waals surface area contributed by atoms with Crippen LogP contribution < -0.4 is 10.1 Å². The van der Waals surface area contributed by atoms with Crippen molar-refractivity contribution < 1.29 is 9.53 Å². The van der Waals surface area contributed by atoms with Gasteiger partial charge >= 0.3 is 0 Å². The third-order valence-corrected chi connectivity index (χ3v) is 4.55. The lowest BCUT2D eigenvalue weighted by molar-refractivity contribution is -0.129. The van der Waals surface area contributed by atoms with Gasteiger partial charge in [0.05, 0.1) is 6.04 Å². The Balaban J connectivity index is 2.12. The summed E-state index contributed by atoms with van der Waals surface area (Å²) in [6, 6.07) is 14.2. The standard InChI is InChI=1S/C22H29NO2/c1-6-19(18-13-12-15(3)14-17(18)5)23-22(24)20(7-2)25-21-11-9-8-10-16(21)4/h8-14,19-20H,6-7H2,1-5H3,(H,23,24). The van der Waals surface area contributed by atoms with Crippen LogP contribution in [0.15, 0.2) is 42.5 Å². The number of hydrogen-bond donors (Lipinski definition) is 1. The molecule has 1 amide bonds. The summed E-state index contributed by atoms with van der Waals surface area (Å²) in [5.74, 6) is 0.710. The van der Waals surface area contributed by atoms with Crippen molar-refractivity contribution in [2.24, 2.45) is 0 Å². The van der Waals surface area contributed by atoms with Gasteiger partial charge in [-0.15, -0.1) is 0 Å². The van der Waals surface area contributed by atoms with Gasteiger partial charge in [0.2, 0.25) is 0 Å². The van der Waals surface area contributed by atoms with Crippen molar-refractivity contribution in [1.82, 2.24) is 5.32 Å². The molecule has 25 heavy (non-hydrogen) atoms. The summed E-state index contributed by atoms with van der Waals surface area (Å²) in [7, 11) is 0. The van der Waals surface area contributed by atoms with Crippen molar-refractivity contribution in [3.8, 4) is 5.75 Å². The number of carbonyl (C=O) groups excluding carboxylic acids is 1. The van der Waals surface area contributed by atoms with Gasteiger partial charge in [-0.05, 0) is 56.4 Å². The van der Waals surface area contributed by atoms with Crippen LogP contribution in [-0.4, -0.2) is 12.0 Å². The van der Waals surface area contributed by atoms with Crippen LogP contribution in [0.25, 0.3) is 0 Å². The second kappa shape index (κ2) is 8.70. The molecule has 3 nitrogen and oxygen atoms in total. The minimum atomic E-state index is -0.485. The number of hydrogen-bond acceptors (Lipinski definition) is 2. The molecule has 2 rings (SSSR count). The average Bonchev–Trinajstić information content (AvgIpc) is 2.59. The first-order valence-corrected chi connectivity index (χ1v) is 9.06. The van der Waals surface area contributed by atoms with Crippen LogP contribution in [0.4, 0.5) is 0 Å². The highest BCUT2D eigenvalue weighted by molar-refractivity contribution is 5.81. The lowest BCUT2D eigenvalue weighted by Gasteiger charge is -2.24. The zero-order chi connectivity index (χ0) is 18.4. The summed E-state index contributed by atoms with van der Waals surface area (Å²) >= 11 is 0. The molecule has 3 heteroatoms. The van der Waals surface area contributed by atoms with Crippen molar-refractivity contribution in [2.75, 3.05) is 0 Å². The highest BCUT2D eigenvalue weighted by Crippen LogP contribution is 2.23. The molecule has 0 aromatic heterocycles. The van der Waals surface area contributed by atoms with Gasteiger partial charge in [0.1, 0.15) is 5.75 Å². The molecular weight excluding hydrogens is 310 g/mol. The van der Waals surface area contributed by atoms with Crippen molar-refractivity contribution >= 4 is 5.91 Å². The summed E-state index contributed by atoms with van der Waals surface area (Å²) in [5.41, 5.74) is 4.65. The summed E-state index contributed by atoms with van der Waals surface area (Å²) in [6.45, 7) is 10.2. The van der Waals surface area contributed by atoms with E-state index in [2.05, 4.69) is 44.3 Å². The van der Waals surface area contributed by atoms with Gasteiger partial charge in [-0.2, -0.15) is 0 Å². The van der Waals surface area contributed by atoms with Gasteiger partial charge in [0, 0.05) is 0 Å². The van der Waals surface area contributed by atoms with Crippen LogP contribution in [0.2, 0.25) is 0 Å². The lowest BCUT2D eigenvalue weighted by atomic mass is 9.97. The fourth-order valence-corrected chi connectivity index (χ4v) is 3.05. The Bertz CT molecular complexity index is 724. The summed E-state index contributed by atoms with van der Waals surface area (Å²) in [5, 5.41) is 3.17. The second-order valence-corrected chi connectivity index (χ2v) is 6.61. The average molecular weight is 339 g/mol. The third-order valence-electron chi connectivity index (χ3n) is 4.55. The van der Waals surface area contributed by atoms with Gasteiger partial charge in [0.25, 0.3) is 5.91 Å². The number of nitrogens with one attached hydrogen (secondary N) is 1. The molecule has 0 aliphatic carbocycles. The first-order chi connectivity index (χ1) is 12.0. The Morgan fingerprint density at radius 2 is 1.72 bits per heavy atom. The molecule has 1 N–H and O–H groups in total. The second-order valence-electron chi connectivity index (χ2n) is 6.61. The molecule has 0 saturated carbocycles. The fourth-order valence-electron chi connectivity index (χ4n) is 3.05. The highest BCUT2D eigenvalue weighted by atomic mass is 16.5.